The minimum atomic E-state index is -3.79. The fourth-order valence-electron chi connectivity index (χ4n) is 4.32. The summed E-state index contributed by atoms with van der Waals surface area (Å²) in [5, 5.41) is 0. The third-order valence-electron chi connectivity index (χ3n) is 5.96. The van der Waals surface area contributed by atoms with Crippen molar-refractivity contribution in [3.63, 3.8) is 0 Å². The molecule has 4 aromatic carbocycles. The molecule has 0 spiro atoms. The van der Waals surface area contributed by atoms with Crippen LogP contribution >= 0.6 is 0 Å². The number of hydrogen-bond acceptors (Lipinski definition) is 7. The van der Waals surface area contributed by atoms with Gasteiger partial charge in [-0.1, -0.05) is 60.2 Å². The molecule has 0 atom stereocenters. The standard InChI is InChI=1S/C30H30O7S2/c1-20-6-8-23(9-7-20)19-35-28-15-12-25(18-29(28)37-39(5,33)34)30-21(2)16-26(17-22(30)3)24-10-13-27(14-11-24)36-38(4,31)32/h6-18H,19H2,1-5H3. The van der Waals surface area contributed by atoms with Gasteiger partial charge in [0.05, 0.1) is 12.5 Å². The van der Waals surface area contributed by atoms with E-state index in [4.69, 9.17) is 13.1 Å². The molecule has 0 N–H and O–H groups in total. The smallest absolute Gasteiger partial charge is 0.306 e. The van der Waals surface area contributed by atoms with Crippen molar-refractivity contribution in [1.29, 1.82) is 0 Å². The molecule has 0 amide bonds. The maximum atomic E-state index is 12.0. The molecule has 7 nitrogen and oxygen atoms in total. The second kappa shape index (κ2) is 11.1. The zero-order valence-corrected chi connectivity index (χ0v) is 24.0. The van der Waals surface area contributed by atoms with E-state index in [0.29, 0.717) is 5.75 Å². The molecule has 0 radical (unpaired) electrons. The van der Waals surface area contributed by atoms with Crippen LogP contribution in [0.2, 0.25) is 0 Å². The summed E-state index contributed by atoms with van der Waals surface area (Å²) in [6, 6.07) is 24.0. The number of aryl methyl sites for hydroxylation is 3. The highest BCUT2D eigenvalue weighted by Gasteiger charge is 2.16. The first-order valence-electron chi connectivity index (χ1n) is 12.1. The van der Waals surface area contributed by atoms with Crippen molar-refractivity contribution >= 4 is 20.2 Å². The fraction of sp³-hybridized carbons (Fsp3) is 0.200. The predicted octanol–water partition coefficient (Wildman–Crippen LogP) is 6.20. The summed E-state index contributed by atoms with van der Waals surface area (Å²) < 4.78 is 63.0. The lowest BCUT2D eigenvalue weighted by atomic mass is 9.91. The quantitative estimate of drug-likeness (QED) is 0.223. The first-order chi connectivity index (χ1) is 18.3. The van der Waals surface area contributed by atoms with E-state index in [-0.39, 0.29) is 18.1 Å². The topological polar surface area (TPSA) is 96.0 Å². The van der Waals surface area contributed by atoms with Gasteiger partial charge in [0.2, 0.25) is 0 Å². The lowest BCUT2D eigenvalue weighted by Crippen LogP contribution is -2.08. The number of hydrogen-bond donors (Lipinski definition) is 0. The fourth-order valence-corrected chi connectivity index (χ4v) is 5.24. The molecule has 0 heterocycles. The van der Waals surface area contributed by atoms with E-state index in [9.17, 15) is 16.8 Å². The molecule has 9 heteroatoms. The molecule has 0 bridgehead atoms. The largest absolute Gasteiger partial charge is 0.485 e. The van der Waals surface area contributed by atoms with E-state index in [1.165, 1.54) is 0 Å². The van der Waals surface area contributed by atoms with Crippen LogP contribution in [0.25, 0.3) is 22.3 Å². The van der Waals surface area contributed by atoms with E-state index in [2.05, 4.69) is 0 Å². The van der Waals surface area contributed by atoms with Crippen molar-refractivity contribution in [3.8, 4) is 39.5 Å². The van der Waals surface area contributed by atoms with Crippen molar-refractivity contribution in [2.24, 2.45) is 0 Å². The van der Waals surface area contributed by atoms with Crippen molar-refractivity contribution in [3.05, 3.63) is 101 Å². The van der Waals surface area contributed by atoms with E-state index >= 15 is 0 Å². The van der Waals surface area contributed by atoms with Crippen LogP contribution < -0.4 is 13.1 Å². The Morgan fingerprint density at radius 1 is 0.590 bits per heavy atom. The Morgan fingerprint density at radius 2 is 1.15 bits per heavy atom. The molecule has 0 saturated carbocycles. The van der Waals surface area contributed by atoms with Crippen LogP contribution in [0.15, 0.2) is 78.9 Å². The SMILES string of the molecule is Cc1ccc(COc2ccc(-c3c(C)cc(-c4ccc(OS(C)(=O)=O)cc4)cc3C)cc2OS(C)(=O)=O)cc1. The van der Waals surface area contributed by atoms with Crippen LogP contribution in [-0.2, 0) is 26.8 Å². The maximum absolute atomic E-state index is 12.0. The minimum absolute atomic E-state index is 0.117. The molecule has 0 aromatic heterocycles. The summed E-state index contributed by atoms with van der Waals surface area (Å²) in [5.41, 5.74) is 7.61. The van der Waals surface area contributed by atoms with Crippen LogP contribution in [-0.4, -0.2) is 29.3 Å². The molecule has 0 aliphatic carbocycles. The van der Waals surface area contributed by atoms with Gasteiger partial charge in [0.15, 0.2) is 11.5 Å². The second-order valence-corrected chi connectivity index (χ2v) is 12.7. The first kappa shape index (κ1) is 28.2. The summed E-state index contributed by atoms with van der Waals surface area (Å²) in [4.78, 5) is 0. The van der Waals surface area contributed by atoms with Gasteiger partial charge in [-0.15, -0.1) is 0 Å². The Kier molecular flexibility index (Phi) is 8.04. The van der Waals surface area contributed by atoms with Gasteiger partial charge >= 0.3 is 20.2 Å². The van der Waals surface area contributed by atoms with Gasteiger partial charge in [-0.25, -0.2) is 0 Å². The lowest BCUT2D eigenvalue weighted by Gasteiger charge is -2.17. The molecule has 0 saturated heterocycles. The van der Waals surface area contributed by atoms with E-state index in [0.717, 1.165) is 57.0 Å². The average molecular weight is 567 g/mol. The summed E-state index contributed by atoms with van der Waals surface area (Å²) in [6.45, 7) is 6.23. The highest BCUT2D eigenvalue weighted by molar-refractivity contribution is 7.86. The molecular weight excluding hydrogens is 536 g/mol. The molecule has 4 aromatic rings. The van der Waals surface area contributed by atoms with Gasteiger partial charge in [0, 0.05) is 0 Å². The van der Waals surface area contributed by atoms with Gasteiger partial charge < -0.3 is 13.1 Å². The molecule has 0 aliphatic heterocycles. The van der Waals surface area contributed by atoms with E-state index in [1.54, 1.807) is 36.4 Å². The third-order valence-corrected chi connectivity index (χ3v) is 6.93. The first-order valence-corrected chi connectivity index (χ1v) is 15.7. The Balaban J connectivity index is 1.65. The van der Waals surface area contributed by atoms with Crippen LogP contribution in [0, 0.1) is 20.8 Å². The molecule has 39 heavy (non-hydrogen) atoms. The average Bonchev–Trinajstić information content (AvgIpc) is 2.82. The normalized spacial score (nSPS) is 11.7. The van der Waals surface area contributed by atoms with Crippen molar-refractivity contribution in [1.82, 2.24) is 0 Å². The lowest BCUT2D eigenvalue weighted by molar-refractivity contribution is 0.296. The Labute approximate surface area is 230 Å². The van der Waals surface area contributed by atoms with Crippen LogP contribution in [0.5, 0.6) is 17.2 Å². The number of ether oxygens (including phenoxy) is 1. The zero-order chi connectivity index (χ0) is 28.4. The number of benzene rings is 4. The molecular formula is C30H30O7S2. The van der Waals surface area contributed by atoms with E-state index < -0.39 is 20.2 Å². The molecule has 0 unspecified atom stereocenters. The highest BCUT2D eigenvalue weighted by Crippen LogP contribution is 2.38. The molecule has 0 aliphatic rings. The van der Waals surface area contributed by atoms with Gasteiger partial charge in [-0.3, -0.25) is 0 Å². The third kappa shape index (κ3) is 7.61. The Morgan fingerprint density at radius 3 is 1.72 bits per heavy atom. The summed E-state index contributed by atoms with van der Waals surface area (Å²) in [6.07, 6.45) is 2.00. The van der Waals surface area contributed by atoms with Crippen LogP contribution in [0.4, 0.5) is 0 Å². The van der Waals surface area contributed by atoms with E-state index in [1.807, 2.05) is 63.2 Å². The summed E-state index contributed by atoms with van der Waals surface area (Å²) >= 11 is 0. The summed E-state index contributed by atoms with van der Waals surface area (Å²) in [5.74, 6) is 0.689. The monoisotopic (exact) mass is 566 g/mol. The molecule has 204 valence electrons. The Bertz CT molecular complexity index is 1680. The van der Waals surface area contributed by atoms with Crippen molar-refractivity contribution in [2.75, 3.05) is 12.5 Å². The van der Waals surface area contributed by atoms with Gasteiger partial charge in [-0.05, 0) is 84.0 Å². The highest BCUT2D eigenvalue weighted by atomic mass is 32.2. The van der Waals surface area contributed by atoms with Gasteiger partial charge in [0.1, 0.15) is 12.4 Å². The van der Waals surface area contributed by atoms with Gasteiger partial charge in [0.25, 0.3) is 0 Å². The maximum Gasteiger partial charge on any atom is 0.306 e. The summed E-state index contributed by atoms with van der Waals surface area (Å²) in [7, 11) is -7.39. The molecule has 0 fully saturated rings. The van der Waals surface area contributed by atoms with Crippen LogP contribution in [0.3, 0.4) is 0 Å². The Hall–Kier alpha value is -3.82. The molecule has 4 rings (SSSR count). The van der Waals surface area contributed by atoms with Crippen LogP contribution in [0.1, 0.15) is 22.3 Å². The zero-order valence-electron chi connectivity index (χ0n) is 22.4. The van der Waals surface area contributed by atoms with Crippen molar-refractivity contribution in [2.45, 2.75) is 27.4 Å². The van der Waals surface area contributed by atoms with Gasteiger partial charge in [-0.2, -0.15) is 16.8 Å². The number of rotatable bonds is 9. The van der Waals surface area contributed by atoms with Crippen molar-refractivity contribution < 1.29 is 29.9 Å². The second-order valence-electron chi connectivity index (χ2n) is 9.52. The predicted molar refractivity (Wildman–Crippen MR) is 153 cm³/mol. The minimum Gasteiger partial charge on any atom is -0.485 e.